The van der Waals surface area contributed by atoms with E-state index >= 15 is 0 Å². The molecule has 19 heavy (non-hydrogen) atoms. The second kappa shape index (κ2) is 11.7. The van der Waals surface area contributed by atoms with Crippen molar-refractivity contribution in [1.29, 1.82) is 0 Å². The molecule has 0 bridgehead atoms. The molecule has 0 radical (unpaired) electrons. The van der Waals surface area contributed by atoms with Gasteiger partial charge in [-0.05, 0) is 19.3 Å². The van der Waals surface area contributed by atoms with Crippen LogP contribution in [0, 0.1) is 5.92 Å². The van der Waals surface area contributed by atoms with E-state index in [-0.39, 0.29) is 6.61 Å². The topological polar surface area (TPSA) is 40.5 Å². The second-order valence-electron chi connectivity index (χ2n) is 6.42. The highest BCUT2D eigenvalue weighted by molar-refractivity contribution is 4.76. The van der Waals surface area contributed by atoms with Crippen molar-refractivity contribution in [3.8, 4) is 0 Å². The zero-order valence-corrected chi connectivity index (χ0v) is 13.5. The van der Waals surface area contributed by atoms with Gasteiger partial charge in [-0.2, -0.15) is 0 Å². The van der Waals surface area contributed by atoms with Crippen molar-refractivity contribution in [2.75, 3.05) is 6.61 Å². The van der Waals surface area contributed by atoms with E-state index in [0.717, 1.165) is 6.42 Å². The molecule has 2 N–H and O–H groups in total. The molecule has 0 aromatic carbocycles. The van der Waals surface area contributed by atoms with Crippen LogP contribution in [0.25, 0.3) is 0 Å². The van der Waals surface area contributed by atoms with E-state index in [1.54, 1.807) is 6.92 Å². The second-order valence-corrected chi connectivity index (χ2v) is 6.42. The van der Waals surface area contributed by atoms with Crippen LogP contribution in [-0.4, -0.2) is 22.4 Å². The first-order valence-electron chi connectivity index (χ1n) is 8.39. The quantitative estimate of drug-likeness (QED) is 0.478. The SMILES string of the molecule is CCCCCCCCC(CCCC)CC(C)(O)CO. The Labute approximate surface area is 120 Å². The normalized spacial score (nSPS) is 16.3. The Kier molecular flexibility index (Phi) is 11.7. The summed E-state index contributed by atoms with van der Waals surface area (Å²) in [5.74, 6) is 0.577. The van der Waals surface area contributed by atoms with E-state index < -0.39 is 5.60 Å². The van der Waals surface area contributed by atoms with E-state index in [0.29, 0.717) is 5.92 Å². The van der Waals surface area contributed by atoms with Gasteiger partial charge in [0.25, 0.3) is 0 Å². The van der Waals surface area contributed by atoms with Gasteiger partial charge in [0, 0.05) is 0 Å². The zero-order valence-electron chi connectivity index (χ0n) is 13.5. The van der Waals surface area contributed by atoms with Crippen molar-refractivity contribution in [3.05, 3.63) is 0 Å². The summed E-state index contributed by atoms with van der Waals surface area (Å²) < 4.78 is 0. The highest BCUT2D eigenvalue weighted by atomic mass is 16.3. The first-order chi connectivity index (χ1) is 9.05. The first kappa shape index (κ1) is 18.9. The van der Waals surface area contributed by atoms with Crippen LogP contribution in [0.1, 0.15) is 91.4 Å². The van der Waals surface area contributed by atoms with Crippen LogP contribution in [0.3, 0.4) is 0 Å². The minimum Gasteiger partial charge on any atom is -0.393 e. The molecule has 2 heteroatoms. The van der Waals surface area contributed by atoms with Crippen LogP contribution in [0.2, 0.25) is 0 Å². The molecule has 0 amide bonds. The number of hydrogen-bond donors (Lipinski definition) is 2. The third kappa shape index (κ3) is 11.4. The third-order valence-corrected chi connectivity index (χ3v) is 4.00. The van der Waals surface area contributed by atoms with Crippen molar-refractivity contribution in [2.45, 2.75) is 97.0 Å². The lowest BCUT2D eigenvalue weighted by Gasteiger charge is -2.27. The van der Waals surface area contributed by atoms with Crippen LogP contribution in [0.4, 0.5) is 0 Å². The van der Waals surface area contributed by atoms with E-state index in [1.165, 1.54) is 64.2 Å². The average molecular weight is 272 g/mol. The summed E-state index contributed by atoms with van der Waals surface area (Å²) in [6.45, 7) is 6.10. The molecule has 0 heterocycles. The van der Waals surface area contributed by atoms with Gasteiger partial charge in [-0.3, -0.25) is 0 Å². The lowest BCUT2D eigenvalue weighted by atomic mass is 9.85. The van der Waals surface area contributed by atoms with E-state index in [4.69, 9.17) is 0 Å². The molecule has 0 rings (SSSR count). The standard InChI is InChI=1S/C17H36O2/c1-4-6-8-9-10-11-13-16(12-7-5-2)14-17(3,19)15-18/h16,18-19H,4-15H2,1-3H3. The molecule has 0 aromatic rings. The van der Waals surface area contributed by atoms with Crippen LogP contribution < -0.4 is 0 Å². The molecule has 0 saturated heterocycles. The third-order valence-electron chi connectivity index (χ3n) is 4.00. The molecule has 0 aliphatic carbocycles. The van der Waals surface area contributed by atoms with Crippen molar-refractivity contribution < 1.29 is 10.2 Å². The molecule has 116 valence electrons. The number of hydrogen-bond acceptors (Lipinski definition) is 2. The summed E-state index contributed by atoms with van der Waals surface area (Å²) in [5.41, 5.74) is -0.888. The lowest BCUT2D eigenvalue weighted by Crippen LogP contribution is -2.31. The highest BCUT2D eigenvalue weighted by Gasteiger charge is 2.24. The van der Waals surface area contributed by atoms with Crippen molar-refractivity contribution >= 4 is 0 Å². The molecule has 0 aliphatic rings. The molecule has 2 unspecified atom stereocenters. The lowest BCUT2D eigenvalue weighted by molar-refractivity contribution is -0.0198. The van der Waals surface area contributed by atoms with Crippen LogP contribution in [0.5, 0.6) is 0 Å². The summed E-state index contributed by atoms with van der Waals surface area (Å²) in [5, 5.41) is 19.2. The van der Waals surface area contributed by atoms with E-state index in [9.17, 15) is 10.2 Å². The molecule has 2 atom stereocenters. The number of rotatable bonds is 13. The van der Waals surface area contributed by atoms with Gasteiger partial charge >= 0.3 is 0 Å². The van der Waals surface area contributed by atoms with Gasteiger partial charge in [0.1, 0.15) is 0 Å². The molecular formula is C17H36O2. The van der Waals surface area contributed by atoms with Gasteiger partial charge in [-0.25, -0.2) is 0 Å². The molecule has 2 nitrogen and oxygen atoms in total. The number of aliphatic hydroxyl groups is 2. The van der Waals surface area contributed by atoms with Gasteiger partial charge in [0.2, 0.25) is 0 Å². The molecule has 0 aromatic heterocycles. The summed E-state index contributed by atoms with van der Waals surface area (Å²) in [6, 6.07) is 0. The molecule has 0 aliphatic heterocycles. The maximum absolute atomic E-state index is 10.0. The minimum absolute atomic E-state index is 0.119. The Morgan fingerprint density at radius 2 is 1.37 bits per heavy atom. The smallest absolute Gasteiger partial charge is 0.0852 e. The van der Waals surface area contributed by atoms with Gasteiger partial charge in [-0.1, -0.05) is 78.1 Å². The predicted molar refractivity (Wildman–Crippen MR) is 83.3 cm³/mol. The maximum atomic E-state index is 10.0. The van der Waals surface area contributed by atoms with Crippen LogP contribution >= 0.6 is 0 Å². The van der Waals surface area contributed by atoms with Gasteiger partial charge in [0.05, 0.1) is 12.2 Å². The van der Waals surface area contributed by atoms with Crippen molar-refractivity contribution in [1.82, 2.24) is 0 Å². The molecular weight excluding hydrogens is 236 g/mol. The van der Waals surface area contributed by atoms with Crippen molar-refractivity contribution in [2.24, 2.45) is 5.92 Å². The Bertz CT molecular complexity index is 190. The molecule has 0 fully saturated rings. The predicted octanol–water partition coefficient (Wildman–Crippen LogP) is 4.68. The average Bonchev–Trinajstić information content (AvgIpc) is 2.39. The Hall–Kier alpha value is -0.0800. The van der Waals surface area contributed by atoms with Gasteiger partial charge in [-0.15, -0.1) is 0 Å². The Morgan fingerprint density at radius 1 is 0.842 bits per heavy atom. The number of aliphatic hydroxyl groups excluding tert-OH is 1. The molecule has 0 spiro atoms. The van der Waals surface area contributed by atoms with Crippen LogP contribution in [0.15, 0.2) is 0 Å². The number of unbranched alkanes of at least 4 members (excludes halogenated alkanes) is 6. The van der Waals surface area contributed by atoms with E-state index in [1.807, 2.05) is 0 Å². The van der Waals surface area contributed by atoms with Gasteiger partial charge < -0.3 is 10.2 Å². The summed E-state index contributed by atoms with van der Waals surface area (Å²) in [4.78, 5) is 0. The summed E-state index contributed by atoms with van der Waals surface area (Å²) >= 11 is 0. The monoisotopic (exact) mass is 272 g/mol. The Morgan fingerprint density at radius 3 is 1.95 bits per heavy atom. The van der Waals surface area contributed by atoms with E-state index in [2.05, 4.69) is 13.8 Å². The van der Waals surface area contributed by atoms with Crippen LogP contribution in [-0.2, 0) is 0 Å². The summed E-state index contributed by atoms with van der Waals surface area (Å²) in [6.07, 6.45) is 13.6. The minimum atomic E-state index is -0.888. The Balaban J connectivity index is 3.86. The first-order valence-corrected chi connectivity index (χ1v) is 8.39. The highest BCUT2D eigenvalue weighted by Crippen LogP contribution is 2.26. The fraction of sp³-hybridized carbons (Fsp3) is 1.00. The summed E-state index contributed by atoms with van der Waals surface area (Å²) in [7, 11) is 0. The maximum Gasteiger partial charge on any atom is 0.0852 e. The van der Waals surface area contributed by atoms with Gasteiger partial charge in [0.15, 0.2) is 0 Å². The van der Waals surface area contributed by atoms with Crippen molar-refractivity contribution in [3.63, 3.8) is 0 Å². The fourth-order valence-corrected chi connectivity index (χ4v) is 2.74. The largest absolute Gasteiger partial charge is 0.393 e. The molecule has 0 saturated carbocycles. The zero-order chi connectivity index (χ0) is 14.6. The fourth-order valence-electron chi connectivity index (χ4n) is 2.74.